The smallest absolute Gasteiger partial charge is 0.274 e. The number of methoxy groups -OCH3 is 1. The van der Waals surface area contributed by atoms with E-state index in [0.29, 0.717) is 19.4 Å². The number of ether oxygens (including phenoxy) is 1. The van der Waals surface area contributed by atoms with Gasteiger partial charge in [0.1, 0.15) is 11.4 Å². The molecule has 10 heteroatoms. The Kier molecular flexibility index (Phi) is 5.26. The number of hydrogen-bond acceptors (Lipinski definition) is 5. The molecular formula is C21H21ClFN3O5. The number of nitrogens with one attached hydrogen (secondary N) is 1. The van der Waals surface area contributed by atoms with Crippen molar-refractivity contribution in [3.63, 3.8) is 0 Å². The first-order chi connectivity index (χ1) is 14.7. The molecule has 0 atom stereocenters. The molecule has 2 N–H and O–H groups in total. The quantitative estimate of drug-likeness (QED) is 0.742. The predicted octanol–water partition coefficient (Wildman–Crippen LogP) is 1.91. The molecule has 1 aliphatic heterocycles. The van der Waals surface area contributed by atoms with Crippen molar-refractivity contribution in [2.45, 2.75) is 37.6 Å². The zero-order valence-corrected chi connectivity index (χ0v) is 17.7. The normalized spacial score (nSPS) is 22.3. The average Bonchev–Trinajstić information content (AvgIpc) is 2.72. The van der Waals surface area contributed by atoms with Crippen molar-refractivity contribution in [3.05, 3.63) is 62.3 Å². The fourth-order valence-electron chi connectivity index (χ4n) is 4.27. The number of aromatic hydroxyl groups is 1. The maximum atomic E-state index is 14.1. The molecule has 2 heterocycles. The minimum atomic E-state index is -0.962. The Morgan fingerprint density at radius 1 is 1.39 bits per heavy atom. The number of nitrogens with zero attached hydrogens (tertiary/aromatic N) is 2. The lowest BCUT2D eigenvalue weighted by Crippen LogP contribution is -2.65. The minimum Gasteiger partial charge on any atom is -0.503 e. The SMILES string of the molecule is CO[C@H]1C[C@]2(Cn3cc(C(=O)NCc4cccc(Cl)c4F)c(=O)c(O)c3C(=O)N2C)C1. The van der Waals surface area contributed by atoms with Crippen molar-refractivity contribution in [1.82, 2.24) is 14.8 Å². The number of carbonyl (C=O) groups excluding carboxylic acids is 2. The van der Waals surface area contributed by atoms with Crippen LogP contribution in [-0.4, -0.2) is 52.2 Å². The van der Waals surface area contributed by atoms with Crippen LogP contribution in [0.3, 0.4) is 0 Å². The van der Waals surface area contributed by atoms with E-state index in [1.54, 1.807) is 20.2 Å². The van der Waals surface area contributed by atoms with Crippen LogP contribution in [0.4, 0.5) is 4.39 Å². The zero-order chi connectivity index (χ0) is 22.5. The van der Waals surface area contributed by atoms with Crippen LogP contribution >= 0.6 is 11.6 Å². The predicted molar refractivity (Wildman–Crippen MR) is 110 cm³/mol. The van der Waals surface area contributed by atoms with Gasteiger partial charge in [0.05, 0.1) is 16.7 Å². The number of amides is 2. The van der Waals surface area contributed by atoms with Gasteiger partial charge in [0.25, 0.3) is 11.8 Å². The molecule has 8 nitrogen and oxygen atoms in total. The van der Waals surface area contributed by atoms with Crippen molar-refractivity contribution >= 4 is 23.4 Å². The molecule has 0 bridgehead atoms. The summed E-state index contributed by atoms with van der Waals surface area (Å²) in [5.41, 5.74) is -1.81. The molecule has 0 radical (unpaired) electrons. The first kappa shape index (κ1) is 21.3. The van der Waals surface area contributed by atoms with Crippen LogP contribution in [0.2, 0.25) is 5.02 Å². The largest absolute Gasteiger partial charge is 0.503 e. The first-order valence-electron chi connectivity index (χ1n) is 9.67. The summed E-state index contributed by atoms with van der Waals surface area (Å²) in [4.78, 5) is 39.6. The molecule has 4 rings (SSSR count). The van der Waals surface area contributed by atoms with E-state index < -0.39 is 34.3 Å². The highest BCUT2D eigenvalue weighted by Gasteiger charge is 2.53. The molecule has 2 aliphatic rings. The Balaban J connectivity index is 1.63. The summed E-state index contributed by atoms with van der Waals surface area (Å²) in [5.74, 6) is -2.74. The zero-order valence-electron chi connectivity index (χ0n) is 16.9. The van der Waals surface area contributed by atoms with E-state index in [1.165, 1.54) is 27.8 Å². The van der Waals surface area contributed by atoms with Crippen LogP contribution in [0.15, 0.2) is 29.2 Å². The first-order valence-corrected chi connectivity index (χ1v) is 10.0. The summed E-state index contributed by atoms with van der Waals surface area (Å²) in [6.45, 7) is 0.107. The second kappa shape index (κ2) is 7.65. The molecule has 1 spiro atoms. The van der Waals surface area contributed by atoms with E-state index in [1.807, 2.05) is 0 Å². The lowest BCUT2D eigenvalue weighted by molar-refractivity contribution is -0.0848. The molecule has 164 valence electrons. The Hall–Kier alpha value is -2.91. The standard InChI is InChI=1S/C21H21ClFN3O5/c1-25-20(30)16-18(28)17(27)13(9-26(16)10-21(25)6-12(7-21)31-2)19(29)24-8-11-4-3-5-14(22)15(11)23/h3-5,9,12,28H,6-8,10H2,1-2H3,(H,24,29)/t12-,21+. The summed E-state index contributed by atoms with van der Waals surface area (Å²) >= 11 is 5.74. The van der Waals surface area contributed by atoms with E-state index in [4.69, 9.17) is 16.3 Å². The van der Waals surface area contributed by atoms with Gasteiger partial charge in [0, 0.05) is 39.0 Å². The number of benzene rings is 1. The van der Waals surface area contributed by atoms with E-state index >= 15 is 0 Å². The van der Waals surface area contributed by atoms with Crippen LogP contribution in [0.5, 0.6) is 5.75 Å². The van der Waals surface area contributed by atoms with Crippen molar-refractivity contribution in [3.8, 4) is 5.75 Å². The van der Waals surface area contributed by atoms with Crippen LogP contribution in [0.25, 0.3) is 0 Å². The number of aromatic nitrogens is 1. The highest BCUT2D eigenvalue weighted by Crippen LogP contribution is 2.44. The summed E-state index contributed by atoms with van der Waals surface area (Å²) in [5, 5.41) is 12.8. The van der Waals surface area contributed by atoms with Gasteiger partial charge in [-0.2, -0.15) is 0 Å². The molecule has 1 fully saturated rings. The molecule has 2 aromatic rings. The maximum Gasteiger partial charge on any atom is 0.274 e. The summed E-state index contributed by atoms with van der Waals surface area (Å²) in [6, 6.07) is 4.38. The lowest BCUT2D eigenvalue weighted by Gasteiger charge is -2.55. The third-order valence-corrected chi connectivity index (χ3v) is 6.50. The van der Waals surface area contributed by atoms with Gasteiger partial charge >= 0.3 is 0 Å². The van der Waals surface area contributed by atoms with E-state index in [2.05, 4.69) is 5.32 Å². The third-order valence-electron chi connectivity index (χ3n) is 6.20. The fourth-order valence-corrected chi connectivity index (χ4v) is 4.47. The molecule has 2 amide bonds. The molecule has 1 saturated carbocycles. The Bertz CT molecular complexity index is 1140. The summed E-state index contributed by atoms with van der Waals surface area (Å²) in [6.07, 6.45) is 2.50. The highest BCUT2D eigenvalue weighted by atomic mass is 35.5. The van der Waals surface area contributed by atoms with E-state index in [9.17, 15) is 23.9 Å². The number of halogens is 2. The third kappa shape index (κ3) is 3.37. The summed E-state index contributed by atoms with van der Waals surface area (Å²) < 4.78 is 20.8. The number of carbonyl (C=O) groups is 2. The van der Waals surface area contributed by atoms with Crippen molar-refractivity contribution in [2.75, 3.05) is 14.2 Å². The van der Waals surface area contributed by atoms with Gasteiger partial charge in [-0.05, 0) is 18.9 Å². The van der Waals surface area contributed by atoms with E-state index in [0.717, 1.165) is 0 Å². The van der Waals surface area contributed by atoms with Gasteiger partial charge in [-0.1, -0.05) is 23.7 Å². The summed E-state index contributed by atoms with van der Waals surface area (Å²) in [7, 11) is 3.23. The topological polar surface area (TPSA) is 101 Å². The molecule has 31 heavy (non-hydrogen) atoms. The Morgan fingerprint density at radius 2 is 2.10 bits per heavy atom. The highest BCUT2D eigenvalue weighted by molar-refractivity contribution is 6.30. The molecule has 0 unspecified atom stereocenters. The number of rotatable bonds is 4. The van der Waals surface area contributed by atoms with Crippen LogP contribution < -0.4 is 10.7 Å². The molecule has 0 saturated heterocycles. The van der Waals surface area contributed by atoms with Crippen molar-refractivity contribution in [2.24, 2.45) is 0 Å². The fraction of sp³-hybridized carbons (Fsp3) is 0.381. The Morgan fingerprint density at radius 3 is 2.77 bits per heavy atom. The number of hydrogen-bond donors (Lipinski definition) is 2. The van der Waals surface area contributed by atoms with Gasteiger partial charge in [0.2, 0.25) is 5.43 Å². The van der Waals surface area contributed by atoms with Crippen LogP contribution in [-0.2, 0) is 17.8 Å². The minimum absolute atomic E-state index is 0.0140. The van der Waals surface area contributed by atoms with Gasteiger partial charge in [-0.25, -0.2) is 4.39 Å². The van der Waals surface area contributed by atoms with Crippen molar-refractivity contribution < 1.29 is 23.8 Å². The monoisotopic (exact) mass is 449 g/mol. The second-order valence-electron chi connectivity index (χ2n) is 7.95. The number of likely N-dealkylation sites (N-methyl/N-ethyl adjacent to an activating group) is 1. The maximum absolute atomic E-state index is 14.1. The van der Waals surface area contributed by atoms with Gasteiger partial charge in [0.15, 0.2) is 11.4 Å². The number of pyridine rings is 1. The van der Waals surface area contributed by atoms with E-state index in [-0.39, 0.29) is 34.5 Å². The Labute approximate surface area is 182 Å². The molecule has 1 aromatic carbocycles. The van der Waals surface area contributed by atoms with Crippen LogP contribution in [0.1, 0.15) is 39.3 Å². The van der Waals surface area contributed by atoms with Crippen LogP contribution in [0, 0.1) is 5.82 Å². The molecule has 1 aliphatic carbocycles. The van der Waals surface area contributed by atoms with Gasteiger partial charge in [-0.15, -0.1) is 0 Å². The average molecular weight is 450 g/mol. The van der Waals surface area contributed by atoms with Crippen molar-refractivity contribution in [1.29, 1.82) is 0 Å². The lowest BCUT2D eigenvalue weighted by atomic mass is 9.71. The number of fused-ring (bicyclic) bond motifs is 1. The van der Waals surface area contributed by atoms with Gasteiger partial charge < -0.3 is 24.6 Å². The molecular weight excluding hydrogens is 429 g/mol. The molecule has 1 aromatic heterocycles. The van der Waals surface area contributed by atoms with Gasteiger partial charge in [-0.3, -0.25) is 14.4 Å². The second-order valence-corrected chi connectivity index (χ2v) is 8.35.